The summed E-state index contributed by atoms with van der Waals surface area (Å²) in [6.07, 6.45) is 3.45. The van der Waals surface area contributed by atoms with E-state index in [0.29, 0.717) is 6.61 Å². The summed E-state index contributed by atoms with van der Waals surface area (Å²) in [6.45, 7) is 4.69. The molecular weight excluding hydrogens is 296 g/mol. The van der Waals surface area contributed by atoms with E-state index < -0.39 is 0 Å². The van der Waals surface area contributed by atoms with Crippen LogP contribution in [0.4, 0.5) is 0 Å². The Morgan fingerprint density at radius 1 is 1.00 bits per heavy atom. The predicted octanol–water partition coefficient (Wildman–Crippen LogP) is 5.13. The van der Waals surface area contributed by atoms with Crippen molar-refractivity contribution < 1.29 is 9.47 Å². The standard InChI is InChI=1S/C15H15ClO.C4H8O/c1-2-17-15-8-6-12(7-9-15)10-13-4-3-5-14(16)11-13;1-2-4-5-3-1/h3-9,11H,2,10H2,1H3;1-4H2. The molecule has 0 saturated carbocycles. The Labute approximate surface area is 138 Å². The van der Waals surface area contributed by atoms with Gasteiger partial charge >= 0.3 is 0 Å². The fourth-order valence-electron chi connectivity index (χ4n) is 2.26. The summed E-state index contributed by atoms with van der Waals surface area (Å²) in [6, 6.07) is 16.1. The van der Waals surface area contributed by atoms with Crippen molar-refractivity contribution in [3.05, 3.63) is 64.7 Å². The third-order valence-electron chi connectivity index (χ3n) is 3.36. The van der Waals surface area contributed by atoms with Gasteiger partial charge in [-0.05, 0) is 61.6 Å². The first-order valence-electron chi connectivity index (χ1n) is 7.82. The highest BCUT2D eigenvalue weighted by atomic mass is 35.5. The molecule has 3 heteroatoms. The molecule has 118 valence electrons. The number of hydrogen-bond donors (Lipinski definition) is 0. The maximum atomic E-state index is 5.96. The summed E-state index contributed by atoms with van der Waals surface area (Å²) in [4.78, 5) is 0. The molecule has 2 aromatic rings. The summed E-state index contributed by atoms with van der Waals surface area (Å²) in [7, 11) is 0. The number of hydrogen-bond acceptors (Lipinski definition) is 2. The van der Waals surface area contributed by atoms with Crippen LogP contribution in [-0.2, 0) is 11.2 Å². The summed E-state index contributed by atoms with van der Waals surface area (Å²) in [5, 5.41) is 0.786. The van der Waals surface area contributed by atoms with Crippen molar-refractivity contribution in [3.8, 4) is 5.75 Å². The zero-order valence-electron chi connectivity index (χ0n) is 13.1. The van der Waals surface area contributed by atoms with Crippen LogP contribution in [0.1, 0.15) is 30.9 Å². The van der Waals surface area contributed by atoms with Gasteiger partial charge in [0.25, 0.3) is 0 Å². The van der Waals surface area contributed by atoms with Gasteiger partial charge in [0, 0.05) is 18.2 Å². The molecule has 3 rings (SSSR count). The van der Waals surface area contributed by atoms with E-state index in [2.05, 4.69) is 18.2 Å². The molecule has 2 aromatic carbocycles. The molecule has 0 atom stereocenters. The Balaban J connectivity index is 0.000000299. The third kappa shape index (κ3) is 6.08. The molecule has 1 fully saturated rings. The topological polar surface area (TPSA) is 18.5 Å². The Hall–Kier alpha value is -1.51. The molecule has 0 amide bonds. The van der Waals surface area contributed by atoms with Crippen molar-refractivity contribution in [2.24, 2.45) is 0 Å². The minimum absolute atomic E-state index is 0.702. The second kappa shape index (κ2) is 9.50. The van der Waals surface area contributed by atoms with Gasteiger partial charge in [0.05, 0.1) is 6.61 Å². The second-order valence-corrected chi connectivity index (χ2v) is 5.64. The normalized spacial score (nSPS) is 13.4. The minimum Gasteiger partial charge on any atom is -0.494 e. The van der Waals surface area contributed by atoms with Crippen LogP contribution in [0, 0.1) is 0 Å². The lowest BCUT2D eigenvalue weighted by Gasteiger charge is -2.05. The summed E-state index contributed by atoms with van der Waals surface area (Å²) >= 11 is 5.96. The maximum Gasteiger partial charge on any atom is 0.119 e. The van der Waals surface area contributed by atoms with E-state index in [9.17, 15) is 0 Å². The molecule has 0 radical (unpaired) electrons. The lowest BCUT2D eigenvalue weighted by atomic mass is 10.1. The lowest BCUT2D eigenvalue weighted by Crippen LogP contribution is -1.92. The van der Waals surface area contributed by atoms with E-state index in [1.807, 2.05) is 37.3 Å². The zero-order chi connectivity index (χ0) is 15.6. The molecule has 0 N–H and O–H groups in total. The lowest BCUT2D eigenvalue weighted by molar-refractivity contribution is 0.198. The van der Waals surface area contributed by atoms with Crippen LogP contribution in [0.2, 0.25) is 5.02 Å². The van der Waals surface area contributed by atoms with E-state index in [4.69, 9.17) is 21.1 Å². The largest absolute Gasteiger partial charge is 0.494 e. The van der Waals surface area contributed by atoms with Gasteiger partial charge in [0.15, 0.2) is 0 Å². The van der Waals surface area contributed by atoms with Gasteiger partial charge in [-0.15, -0.1) is 0 Å². The number of halogens is 1. The van der Waals surface area contributed by atoms with Crippen molar-refractivity contribution in [1.29, 1.82) is 0 Å². The molecule has 1 heterocycles. The van der Waals surface area contributed by atoms with E-state index in [1.54, 1.807) is 0 Å². The van der Waals surface area contributed by atoms with Crippen molar-refractivity contribution in [2.45, 2.75) is 26.2 Å². The molecule has 0 aliphatic carbocycles. The molecule has 0 bridgehead atoms. The average molecular weight is 319 g/mol. The Morgan fingerprint density at radius 3 is 2.27 bits per heavy atom. The summed E-state index contributed by atoms with van der Waals surface area (Å²) in [5.41, 5.74) is 2.48. The fraction of sp³-hybridized carbons (Fsp3) is 0.368. The molecule has 1 saturated heterocycles. The number of ether oxygens (including phenoxy) is 2. The summed E-state index contributed by atoms with van der Waals surface area (Å²) in [5.74, 6) is 0.919. The van der Waals surface area contributed by atoms with E-state index >= 15 is 0 Å². The van der Waals surface area contributed by atoms with Crippen LogP contribution >= 0.6 is 11.6 Å². The first kappa shape index (κ1) is 16.9. The van der Waals surface area contributed by atoms with Gasteiger partial charge in [-0.1, -0.05) is 35.9 Å². The molecule has 0 unspecified atom stereocenters. The SMILES string of the molecule is C1CCOC1.CCOc1ccc(Cc2cccc(Cl)c2)cc1. The smallest absolute Gasteiger partial charge is 0.119 e. The predicted molar refractivity (Wildman–Crippen MR) is 91.9 cm³/mol. The Morgan fingerprint density at radius 2 is 1.73 bits per heavy atom. The molecule has 0 spiro atoms. The van der Waals surface area contributed by atoms with Gasteiger partial charge in [-0.3, -0.25) is 0 Å². The van der Waals surface area contributed by atoms with Gasteiger partial charge < -0.3 is 9.47 Å². The molecule has 2 nitrogen and oxygen atoms in total. The maximum absolute atomic E-state index is 5.96. The van der Waals surface area contributed by atoms with Crippen LogP contribution in [0.5, 0.6) is 5.75 Å². The van der Waals surface area contributed by atoms with Crippen molar-refractivity contribution >= 4 is 11.6 Å². The molecular formula is C19H23ClO2. The second-order valence-electron chi connectivity index (χ2n) is 5.20. The molecule has 22 heavy (non-hydrogen) atoms. The molecule has 0 aromatic heterocycles. The van der Waals surface area contributed by atoms with Crippen LogP contribution in [0.3, 0.4) is 0 Å². The number of benzene rings is 2. The van der Waals surface area contributed by atoms with Crippen LogP contribution in [-0.4, -0.2) is 19.8 Å². The first-order valence-corrected chi connectivity index (χ1v) is 8.19. The van der Waals surface area contributed by atoms with Gasteiger partial charge in [-0.2, -0.15) is 0 Å². The van der Waals surface area contributed by atoms with Crippen molar-refractivity contribution in [3.63, 3.8) is 0 Å². The van der Waals surface area contributed by atoms with Crippen LogP contribution in [0.15, 0.2) is 48.5 Å². The van der Waals surface area contributed by atoms with E-state index in [0.717, 1.165) is 30.4 Å². The van der Waals surface area contributed by atoms with Gasteiger partial charge in [-0.25, -0.2) is 0 Å². The van der Waals surface area contributed by atoms with E-state index in [1.165, 1.54) is 24.0 Å². The van der Waals surface area contributed by atoms with Crippen LogP contribution in [0.25, 0.3) is 0 Å². The van der Waals surface area contributed by atoms with Gasteiger partial charge in [0.2, 0.25) is 0 Å². The monoisotopic (exact) mass is 318 g/mol. The highest BCUT2D eigenvalue weighted by Gasteiger charge is 1.98. The van der Waals surface area contributed by atoms with E-state index in [-0.39, 0.29) is 0 Å². The summed E-state index contributed by atoms with van der Waals surface area (Å²) < 4.78 is 10.4. The van der Waals surface area contributed by atoms with Crippen molar-refractivity contribution in [1.82, 2.24) is 0 Å². The average Bonchev–Trinajstić information content (AvgIpc) is 3.09. The van der Waals surface area contributed by atoms with Gasteiger partial charge in [0.1, 0.15) is 5.75 Å². The van der Waals surface area contributed by atoms with Crippen LogP contribution < -0.4 is 4.74 Å². The number of rotatable bonds is 4. The third-order valence-corrected chi connectivity index (χ3v) is 3.59. The quantitative estimate of drug-likeness (QED) is 0.778. The Kier molecular flexibility index (Phi) is 7.27. The first-order chi connectivity index (χ1) is 10.8. The van der Waals surface area contributed by atoms with Crippen molar-refractivity contribution in [2.75, 3.05) is 19.8 Å². The highest BCUT2D eigenvalue weighted by molar-refractivity contribution is 6.30. The highest BCUT2D eigenvalue weighted by Crippen LogP contribution is 2.17. The minimum atomic E-state index is 0.702. The molecule has 1 aliphatic rings. The zero-order valence-corrected chi connectivity index (χ0v) is 13.8. The molecule has 1 aliphatic heterocycles. The Bertz CT molecular complexity index is 540. The fourth-order valence-corrected chi connectivity index (χ4v) is 2.48.